The molecule has 28 heavy (non-hydrogen) atoms. The van der Waals surface area contributed by atoms with Crippen LogP contribution in [0, 0.1) is 13.8 Å². The van der Waals surface area contributed by atoms with Crippen LogP contribution in [0.25, 0.3) is 5.69 Å². The van der Waals surface area contributed by atoms with Crippen molar-refractivity contribution in [1.29, 1.82) is 0 Å². The normalized spacial score (nSPS) is 11.1. The monoisotopic (exact) mass is 411 g/mol. The minimum Gasteiger partial charge on any atom is -0.318 e. The number of halogens is 1. The number of carbonyl (C=O) groups is 1. The number of aryl methyl sites for hydroxylation is 1. The summed E-state index contributed by atoms with van der Waals surface area (Å²) in [6.45, 7) is 4.05. The van der Waals surface area contributed by atoms with Crippen molar-refractivity contribution >= 4 is 35.5 Å². The van der Waals surface area contributed by atoms with Gasteiger partial charge in [-0.25, -0.2) is 5.43 Å². The minimum absolute atomic E-state index is 0.0941. The molecule has 6 heteroatoms. The molecule has 0 spiro atoms. The number of amides is 1. The molecule has 1 aromatic heterocycles. The summed E-state index contributed by atoms with van der Waals surface area (Å²) in [5.41, 5.74) is 6.68. The Balaban J connectivity index is 1.57. The van der Waals surface area contributed by atoms with Gasteiger partial charge >= 0.3 is 0 Å². The van der Waals surface area contributed by atoms with Crippen LogP contribution in [0.3, 0.4) is 0 Å². The highest BCUT2D eigenvalue weighted by Gasteiger charge is 2.10. The Hall–Kier alpha value is -2.50. The van der Waals surface area contributed by atoms with E-state index in [9.17, 15) is 4.79 Å². The quantitative estimate of drug-likeness (QED) is 0.322. The summed E-state index contributed by atoms with van der Waals surface area (Å²) >= 11 is 7.77. The first-order valence-corrected chi connectivity index (χ1v) is 10.4. The molecule has 2 aromatic carbocycles. The van der Waals surface area contributed by atoms with E-state index in [1.807, 2.05) is 74.5 Å². The highest BCUT2D eigenvalue weighted by Crippen LogP contribution is 2.22. The van der Waals surface area contributed by atoms with Gasteiger partial charge in [0.05, 0.1) is 6.21 Å². The fourth-order valence-electron chi connectivity index (χ4n) is 2.94. The number of rotatable bonds is 7. The van der Waals surface area contributed by atoms with E-state index >= 15 is 0 Å². The first kappa shape index (κ1) is 20.2. The van der Waals surface area contributed by atoms with Gasteiger partial charge in [0, 0.05) is 44.7 Å². The number of nitrogens with one attached hydrogen (secondary N) is 1. The van der Waals surface area contributed by atoms with Crippen LogP contribution in [0.2, 0.25) is 5.02 Å². The third kappa shape index (κ3) is 5.27. The molecule has 0 aliphatic carbocycles. The molecule has 0 bridgehead atoms. The molecule has 0 radical (unpaired) electrons. The van der Waals surface area contributed by atoms with Crippen molar-refractivity contribution in [3.05, 3.63) is 82.6 Å². The average molecular weight is 412 g/mol. The minimum atomic E-state index is -0.0941. The maximum Gasteiger partial charge on any atom is 0.240 e. The molecular formula is C22H22ClN3OS. The van der Waals surface area contributed by atoms with Crippen LogP contribution in [0.5, 0.6) is 0 Å². The zero-order valence-electron chi connectivity index (χ0n) is 15.9. The summed E-state index contributed by atoms with van der Waals surface area (Å²) in [5, 5.41) is 4.82. The third-order valence-corrected chi connectivity index (χ3v) is 5.52. The summed E-state index contributed by atoms with van der Waals surface area (Å²) < 4.78 is 2.12. The highest BCUT2D eigenvalue weighted by atomic mass is 35.5. The summed E-state index contributed by atoms with van der Waals surface area (Å²) in [7, 11) is 0. The van der Waals surface area contributed by atoms with Crippen LogP contribution in [0.1, 0.15) is 23.4 Å². The van der Waals surface area contributed by atoms with Crippen molar-refractivity contribution in [2.45, 2.75) is 25.2 Å². The largest absolute Gasteiger partial charge is 0.318 e. The maximum atomic E-state index is 12.0. The Morgan fingerprint density at radius 2 is 1.93 bits per heavy atom. The number of thioether (sulfide) groups is 1. The van der Waals surface area contributed by atoms with Gasteiger partial charge in [0.1, 0.15) is 0 Å². The summed E-state index contributed by atoms with van der Waals surface area (Å²) in [6.07, 6.45) is 2.10. The van der Waals surface area contributed by atoms with E-state index in [1.54, 1.807) is 18.0 Å². The van der Waals surface area contributed by atoms with Crippen LogP contribution >= 0.6 is 23.4 Å². The number of benzene rings is 2. The molecule has 1 amide bonds. The molecule has 0 atom stereocenters. The lowest BCUT2D eigenvalue weighted by Crippen LogP contribution is -2.17. The van der Waals surface area contributed by atoms with Crippen molar-refractivity contribution < 1.29 is 4.79 Å². The van der Waals surface area contributed by atoms with Gasteiger partial charge in [0.15, 0.2) is 0 Å². The number of aromatic nitrogens is 1. The summed E-state index contributed by atoms with van der Waals surface area (Å²) in [5.74, 6) is 0.623. The van der Waals surface area contributed by atoms with Crippen molar-refractivity contribution in [2.75, 3.05) is 5.75 Å². The standard InChI is InChI=1S/C22H22ClN3OS/c1-16-13-18(17(2)26(16)20-8-6-7-19(23)14-20)15-24-25-22(27)11-12-28-21-9-4-3-5-10-21/h3-10,13-15H,11-12H2,1-2H3,(H,25,27)/b24-15+. The molecule has 3 rings (SSSR count). The van der Waals surface area contributed by atoms with Gasteiger partial charge in [-0.15, -0.1) is 11.8 Å². The molecule has 0 aliphatic heterocycles. The predicted molar refractivity (Wildman–Crippen MR) is 118 cm³/mol. The van der Waals surface area contributed by atoms with Crippen LogP contribution < -0.4 is 5.43 Å². The van der Waals surface area contributed by atoms with Crippen molar-refractivity contribution in [2.24, 2.45) is 5.10 Å². The van der Waals surface area contributed by atoms with Crippen molar-refractivity contribution in [3.8, 4) is 5.69 Å². The Morgan fingerprint density at radius 1 is 1.14 bits per heavy atom. The predicted octanol–water partition coefficient (Wildman–Crippen LogP) is 5.38. The number of hydrogen-bond acceptors (Lipinski definition) is 3. The Kier molecular flexibility index (Phi) is 6.95. The Labute approximate surface area is 174 Å². The molecule has 0 unspecified atom stereocenters. The molecular weight excluding hydrogens is 390 g/mol. The molecule has 0 saturated heterocycles. The van der Waals surface area contributed by atoms with Gasteiger partial charge in [-0.05, 0) is 50.2 Å². The lowest BCUT2D eigenvalue weighted by Gasteiger charge is -2.09. The molecule has 4 nitrogen and oxygen atoms in total. The molecule has 1 N–H and O–H groups in total. The number of nitrogens with zero attached hydrogens (tertiary/aromatic N) is 2. The first-order chi connectivity index (χ1) is 13.5. The van der Waals surface area contributed by atoms with Crippen LogP contribution in [0.4, 0.5) is 0 Å². The van der Waals surface area contributed by atoms with Crippen LogP contribution in [-0.4, -0.2) is 22.4 Å². The van der Waals surface area contributed by atoms with E-state index < -0.39 is 0 Å². The van der Waals surface area contributed by atoms with Crippen LogP contribution in [0.15, 0.2) is 70.7 Å². The second-order valence-electron chi connectivity index (χ2n) is 6.35. The second-order valence-corrected chi connectivity index (χ2v) is 7.95. The molecule has 144 valence electrons. The second kappa shape index (κ2) is 9.62. The van der Waals surface area contributed by atoms with Gasteiger partial charge in [-0.3, -0.25) is 4.79 Å². The Bertz CT molecular complexity index is 983. The number of hydrogen-bond donors (Lipinski definition) is 1. The van der Waals surface area contributed by atoms with Gasteiger partial charge in [-0.1, -0.05) is 35.9 Å². The zero-order chi connectivity index (χ0) is 19.9. The average Bonchev–Trinajstić information content (AvgIpc) is 2.96. The highest BCUT2D eigenvalue weighted by molar-refractivity contribution is 7.99. The van der Waals surface area contributed by atoms with E-state index in [1.165, 1.54) is 0 Å². The third-order valence-electron chi connectivity index (χ3n) is 4.27. The van der Waals surface area contributed by atoms with Gasteiger partial charge in [0.25, 0.3) is 0 Å². The topological polar surface area (TPSA) is 46.4 Å². The lowest BCUT2D eigenvalue weighted by atomic mass is 10.2. The van der Waals surface area contributed by atoms with Gasteiger partial charge in [0.2, 0.25) is 5.91 Å². The molecule has 0 fully saturated rings. The summed E-state index contributed by atoms with van der Waals surface area (Å²) in [6, 6.07) is 19.8. The van der Waals surface area contributed by atoms with E-state index in [2.05, 4.69) is 15.1 Å². The number of hydrazone groups is 1. The number of carbonyl (C=O) groups excluding carboxylic acids is 1. The van der Waals surface area contributed by atoms with E-state index in [-0.39, 0.29) is 5.91 Å². The maximum absolute atomic E-state index is 12.0. The van der Waals surface area contributed by atoms with Crippen molar-refractivity contribution in [3.63, 3.8) is 0 Å². The van der Waals surface area contributed by atoms with E-state index in [0.717, 1.165) is 27.5 Å². The summed E-state index contributed by atoms with van der Waals surface area (Å²) in [4.78, 5) is 13.1. The molecule has 1 heterocycles. The van der Waals surface area contributed by atoms with Crippen molar-refractivity contribution in [1.82, 2.24) is 9.99 Å². The van der Waals surface area contributed by atoms with E-state index in [0.29, 0.717) is 17.2 Å². The smallest absolute Gasteiger partial charge is 0.240 e. The lowest BCUT2D eigenvalue weighted by molar-refractivity contribution is -0.120. The van der Waals surface area contributed by atoms with Gasteiger partial charge < -0.3 is 4.57 Å². The van der Waals surface area contributed by atoms with Crippen LogP contribution in [-0.2, 0) is 4.79 Å². The van der Waals surface area contributed by atoms with E-state index in [4.69, 9.17) is 11.6 Å². The SMILES string of the molecule is Cc1cc(/C=N/NC(=O)CCSc2ccccc2)c(C)n1-c1cccc(Cl)c1. The molecule has 3 aromatic rings. The fraction of sp³-hybridized carbons (Fsp3) is 0.182. The van der Waals surface area contributed by atoms with Gasteiger partial charge in [-0.2, -0.15) is 5.10 Å². The fourth-order valence-corrected chi connectivity index (χ4v) is 4.00. The Morgan fingerprint density at radius 3 is 2.68 bits per heavy atom. The first-order valence-electron chi connectivity index (χ1n) is 8.99. The molecule has 0 aliphatic rings. The molecule has 0 saturated carbocycles. The zero-order valence-corrected chi connectivity index (χ0v) is 17.4.